The topological polar surface area (TPSA) is 97.0 Å². The van der Waals surface area contributed by atoms with Gasteiger partial charge in [-0.15, -0.1) is 10.2 Å². The maximum atomic E-state index is 9.63. The van der Waals surface area contributed by atoms with Crippen molar-refractivity contribution in [3.63, 3.8) is 0 Å². The monoisotopic (exact) mass is 242 g/mol. The lowest BCUT2D eigenvalue weighted by molar-refractivity contribution is 0.476. The molecule has 0 atom stereocenters. The normalized spacial score (nSPS) is 10.9. The van der Waals surface area contributed by atoms with Crippen LogP contribution >= 0.6 is 0 Å². The summed E-state index contributed by atoms with van der Waals surface area (Å²) in [6.07, 6.45) is 0. The highest BCUT2D eigenvalue weighted by atomic mass is 16.3. The van der Waals surface area contributed by atoms with E-state index in [4.69, 9.17) is 11.5 Å². The molecule has 0 aromatic heterocycles. The van der Waals surface area contributed by atoms with Crippen molar-refractivity contribution in [3.05, 3.63) is 42.0 Å². The molecular formula is C13H14N4O. The largest absolute Gasteiger partial charge is 0.506 e. The second-order valence-electron chi connectivity index (χ2n) is 4.01. The van der Waals surface area contributed by atoms with Crippen molar-refractivity contribution in [1.82, 2.24) is 0 Å². The van der Waals surface area contributed by atoms with E-state index in [1.54, 1.807) is 18.2 Å². The van der Waals surface area contributed by atoms with Gasteiger partial charge in [0, 0.05) is 11.8 Å². The number of hydrogen-bond acceptors (Lipinski definition) is 5. The van der Waals surface area contributed by atoms with Gasteiger partial charge in [0.2, 0.25) is 0 Å². The molecule has 0 bridgehead atoms. The van der Waals surface area contributed by atoms with Gasteiger partial charge in [0.25, 0.3) is 0 Å². The molecule has 0 amide bonds. The van der Waals surface area contributed by atoms with E-state index in [-0.39, 0.29) is 5.75 Å². The predicted molar refractivity (Wildman–Crippen MR) is 72.3 cm³/mol. The third-order valence-corrected chi connectivity index (χ3v) is 2.45. The van der Waals surface area contributed by atoms with E-state index in [1.807, 2.05) is 19.1 Å². The molecule has 2 aromatic rings. The molecule has 0 aliphatic heterocycles. The summed E-state index contributed by atoms with van der Waals surface area (Å²) in [5, 5.41) is 17.6. The van der Waals surface area contributed by atoms with Crippen LogP contribution in [0.2, 0.25) is 0 Å². The predicted octanol–water partition coefficient (Wildman–Crippen LogP) is 3.28. The first-order valence-corrected chi connectivity index (χ1v) is 5.42. The number of aryl methyl sites for hydroxylation is 1. The Hall–Kier alpha value is -2.56. The van der Waals surface area contributed by atoms with Crippen LogP contribution in [0, 0.1) is 6.92 Å². The van der Waals surface area contributed by atoms with Crippen LogP contribution in [0.1, 0.15) is 5.56 Å². The van der Waals surface area contributed by atoms with Gasteiger partial charge >= 0.3 is 0 Å². The quantitative estimate of drug-likeness (QED) is 0.556. The SMILES string of the molecule is Cc1ccc(N)c(N=Nc2ccc(N)cc2O)c1. The lowest BCUT2D eigenvalue weighted by atomic mass is 10.2. The molecule has 0 saturated heterocycles. The van der Waals surface area contributed by atoms with Crippen LogP contribution in [-0.2, 0) is 0 Å². The number of azo groups is 1. The van der Waals surface area contributed by atoms with Crippen molar-refractivity contribution >= 4 is 22.7 Å². The zero-order valence-electron chi connectivity index (χ0n) is 9.96. The fourth-order valence-corrected chi connectivity index (χ4v) is 1.47. The van der Waals surface area contributed by atoms with Crippen LogP contribution in [0.4, 0.5) is 22.7 Å². The molecule has 0 saturated carbocycles. The van der Waals surface area contributed by atoms with Crippen LogP contribution in [-0.4, -0.2) is 5.11 Å². The second kappa shape index (κ2) is 4.75. The number of hydrogen-bond donors (Lipinski definition) is 3. The summed E-state index contributed by atoms with van der Waals surface area (Å²) in [4.78, 5) is 0. The van der Waals surface area contributed by atoms with E-state index in [0.29, 0.717) is 22.7 Å². The van der Waals surface area contributed by atoms with Gasteiger partial charge in [0.15, 0.2) is 0 Å². The maximum absolute atomic E-state index is 9.63. The molecule has 18 heavy (non-hydrogen) atoms. The van der Waals surface area contributed by atoms with E-state index in [0.717, 1.165) is 5.56 Å². The first-order valence-electron chi connectivity index (χ1n) is 5.42. The molecule has 5 heteroatoms. The fourth-order valence-electron chi connectivity index (χ4n) is 1.47. The molecule has 0 aliphatic carbocycles. The second-order valence-corrected chi connectivity index (χ2v) is 4.01. The van der Waals surface area contributed by atoms with E-state index in [1.165, 1.54) is 6.07 Å². The van der Waals surface area contributed by atoms with Crippen LogP contribution in [0.3, 0.4) is 0 Å². The minimum absolute atomic E-state index is 0.00928. The van der Waals surface area contributed by atoms with Gasteiger partial charge < -0.3 is 16.6 Å². The molecule has 92 valence electrons. The fraction of sp³-hybridized carbons (Fsp3) is 0.0769. The number of anilines is 2. The number of benzene rings is 2. The van der Waals surface area contributed by atoms with E-state index in [2.05, 4.69) is 10.2 Å². The number of rotatable bonds is 2. The molecule has 0 unspecified atom stereocenters. The Labute approximate surface area is 105 Å². The van der Waals surface area contributed by atoms with Crippen molar-refractivity contribution in [1.29, 1.82) is 0 Å². The van der Waals surface area contributed by atoms with E-state index >= 15 is 0 Å². The van der Waals surface area contributed by atoms with Crippen molar-refractivity contribution in [3.8, 4) is 5.75 Å². The molecule has 5 nitrogen and oxygen atoms in total. The van der Waals surface area contributed by atoms with Crippen LogP contribution < -0.4 is 11.5 Å². The molecule has 0 spiro atoms. The zero-order valence-corrected chi connectivity index (χ0v) is 9.96. The molecule has 2 aromatic carbocycles. The van der Waals surface area contributed by atoms with Crippen LogP contribution in [0.25, 0.3) is 0 Å². The average Bonchev–Trinajstić information content (AvgIpc) is 2.32. The van der Waals surface area contributed by atoms with Crippen molar-refractivity contribution in [2.45, 2.75) is 6.92 Å². The molecule has 0 aliphatic rings. The van der Waals surface area contributed by atoms with Crippen molar-refractivity contribution in [2.24, 2.45) is 10.2 Å². The smallest absolute Gasteiger partial charge is 0.145 e. The van der Waals surface area contributed by atoms with Gasteiger partial charge in [0.1, 0.15) is 17.1 Å². The van der Waals surface area contributed by atoms with E-state index < -0.39 is 0 Å². The zero-order chi connectivity index (χ0) is 13.1. The standard InChI is InChI=1S/C13H14N4O/c1-8-2-4-10(15)12(6-8)17-16-11-5-3-9(14)7-13(11)18/h2-7,18H,14-15H2,1H3. The Morgan fingerprint density at radius 2 is 1.67 bits per heavy atom. The lowest BCUT2D eigenvalue weighted by Crippen LogP contribution is -1.85. The third-order valence-electron chi connectivity index (χ3n) is 2.45. The lowest BCUT2D eigenvalue weighted by Gasteiger charge is -2.01. The van der Waals surface area contributed by atoms with Crippen molar-refractivity contribution in [2.75, 3.05) is 11.5 Å². The Morgan fingerprint density at radius 3 is 2.39 bits per heavy atom. The average molecular weight is 242 g/mol. The maximum Gasteiger partial charge on any atom is 0.145 e. The Kier molecular flexibility index (Phi) is 3.14. The molecule has 0 fully saturated rings. The Balaban J connectivity index is 2.32. The highest BCUT2D eigenvalue weighted by molar-refractivity contribution is 5.64. The summed E-state index contributed by atoms with van der Waals surface area (Å²) < 4.78 is 0. The summed E-state index contributed by atoms with van der Waals surface area (Å²) in [5.74, 6) is -0.00928. The van der Waals surface area contributed by atoms with Gasteiger partial charge in [-0.2, -0.15) is 0 Å². The third kappa shape index (κ3) is 2.57. The number of phenols is 1. The first-order chi connectivity index (χ1) is 8.56. The summed E-state index contributed by atoms with van der Waals surface area (Å²) in [6.45, 7) is 1.94. The number of phenolic OH excluding ortho intramolecular Hbond substituents is 1. The van der Waals surface area contributed by atoms with Crippen LogP contribution in [0.5, 0.6) is 5.75 Å². The van der Waals surface area contributed by atoms with Crippen LogP contribution in [0.15, 0.2) is 46.6 Å². The van der Waals surface area contributed by atoms with Gasteiger partial charge in [-0.25, -0.2) is 0 Å². The number of nitrogens with zero attached hydrogens (tertiary/aromatic N) is 2. The molecule has 0 heterocycles. The minimum atomic E-state index is -0.00928. The van der Waals surface area contributed by atoms with Crippen molar-refractivity contribution < 1.29 is 5.11 Å². The highest BCUT2D eigenvalue weighted by Gasteiger charge is 2.01. The summed E-state index contributed by atoms with van der Waals surface area (Å²) in [5.41, 5.74) is 14.3. The van der Waals surface area contributed by atoms with E-state index in [9.17, 15) is 5.11 Å². The van der Waals surface area contributed by atoms with Gasteiger partial charge in [-0.3, -0.25) is 0 Å². The summed E-state index contributed by atoms with van der Waals surface area (Å²) in [6, 6.07) is 10.2. The number of aromatic hydroxyl groups is 1. The Bertz CT molecular complexity index is 608. The highest BCUT2D eigenvalue weighted by Crippen LogP contribution is 2.31. The summed E-state index contributed by atoms with van der Waals surface area (Å²) in [7, 11) is 0. The molecule has 2 rings (SSSR count). The number of nitrogens with two attached hydrogens (primary N) is 2. The minimum Gasteiger partial charge on any atom is -0.506 e. The molecular weight excluding hydrogens is 228 g/mol. The molecule has 0 radical (unpaired) electrons. The van der Waals surface area contributed by atoms with Gasteiger partial charge in [-0.1, -0.05) is 6.07 Å². The molecule has 5 N–H and O–H groups in total. The van der Waals surface area contributed by atoms with Gasteiger partial charge in [-0.05, 0) is 36.8 Å². The first kappa shape index (κ1) is 11.9. The summed E-state index contributed by atoms with van der Waals surface area (Å²) >= 11 is 0. The van der Waals surface area contributed by atoms with Gasteiger partial charge in [0.05, 0.1) is 5.69 Å². The number of nitrogen functional groups attached to an aromatic ring is 2. The Morgan fingerprint density at radius 1 is 0.944 bits per heavy atom.